The Bertz CT molecular complexity index is 332. The van der Waals surface area contributed by atoms with Crippen molar-refractivity contribution in [1.82, 2.24) is 9.80 Å². The van der Waals surface area contributed by atoms with Crippen LogP contribution < -0.4 is 0 Å². The Hall–Kier alpha value is -1.10. The summed E-state index contributed by atoms with van der Waals surface area (Å²) in [5.74, 6) is 0.489. The molecule has 2 heterocycles. The zero-order chi connectivity index (χ0) is 13.1. The number of amides is 2. The molecule has 0 saturated carbocycles. The van der Waals surface area contributed by atoms with E-state index in [0.29, 0.717) is 13.2 Å². The lowest BCUT2D eigenvalue weighted by molar-refractivity contribution is -0.158. The van der Waals surface area contributed by atoms with Gasteiger partial charge in [0.05, 0.1) is 13.2 Å². The van der Waals surface area contributed by atoms with Gasteiger partial charge in [0.2, 0.25) is 11.8 Å². The van der Waals surface area contributed by atoms with Crippen molar-refractivity contribution < 1.29 is 14.3 Å². The number of rotatable bonds is 4. The fraction of sp³-hybridized carbons (Fsp3) is 0.846. The predicted octanol–water partition coefficient (Wildman–Crippen LogP) is 0.492. The Labute approximate surface area is 108 Å². The normalized spacial score (nSPS) is 26.2. The summed E-state index contributed by atoms with van der Waals surface area (Å²) in [6, 6.07) is -0.199. The van der Waals surface area contributed by atoms with Crippen molar-refractivity contribution in [1.29, 1.82) is 0 Å². The Morgan fingerprint density at radius 2 is 2.17 bits per heavy atom. The van der Waals surface area contributed by atoms with E-state index in [0.717, 1.165) is 25.8 Å². The first-order valence-corrected chi connectivity index (χ1v) is 6.70. The van der Waals surface area contributed by atoms with Crippen LogP contribution >= 0.6 is 0 Å². The van der Waals surface area contributed by atoms with Crippen molar-refractivity contribution in [2.45, 2.75) is 32.2 Å². The zero-order valence-corrected chi connectivity index (χ0v) is 11.2. The van der Waals surface area contributed by atoms with Gasteiger partial charge in [-0.2, -0.15) is 0 Å². The molecule has 2 unspecified atom stereocenters. The second kappa shape index (κ2) is 5.69. The van der Waals surface area contributed by atoms with Gasteiger partial charge in [0, 0.05) is 20.2 Å². The maximum atomic E-state index is 12.3. The van der Waals surface area contributed by atoms with Crippen LogP contribution in [0.1, 0.15) is 26.2 Å². The molecule has 102 valence electrons. The fourth-order valence-corrected chi connectivity index (χ4v) is 2.90. The summed E-state index contributed by atoms with van der Waals surface area (Å²) < 4.78 is 5.08. The van der Waals surface area contributed by atoms with E-state index in [1.165, 1.54) is 0 Å². The smallest absolute Gasteiger partial charge is 0.245 e. The molecule has 2 aliphatic rings. The minimum Gasteiger partial charge on any atom is -0.384 e. The molecule has 5 heteroatoms. The molecule has 0 radical (unpaired) electrons. The summed E-state index contributed by atoms with van der Waals surface area (Å²) in [4.78, 5) is 27.8. The summed E-state index contributed by atoms with van der Waals surface area (Å²) in [5, 5.41) is 0. The molecule has 0 aliphatic carbocycles. The van der Waals surface area contributed by atoms with Gasteiger partial charge >= 0.3 is 0 Å². The fourth-order valence-electron chi connectivity index (χ4n) is 2.90. The molecular weight excluding hydrogens is 232 g/mol. The number of methoxy groups -OCH3 is 1. The van der Waals surface area contributed by atoms with Gasteiger partial charge in [-0.3, -0.25) is 9.59 Å². The van der Waals surface area contributed by atoms with Crippen molar-refractivity contribution >= 4 is 11.8 Å². The minimum absolute atomic E-state index is 0.101. The maximum absolute atomic E-state index is 12.3. The average molecular weight is 254 g/mol. The van der Waals surface area contributed by atoms with E-state index in [9.17, 15) is 9.59 Å². The molecule has 2 rings (SSSR count). The van der Waals surface area contributed by atoms with Crippen LogP contribution in [-0.2, 0) is 14.3 Å². The molecule has 2 aliphatic heterocycles. The number of nitrogens with zero attached hydrogens (tertiary/aromatic N) is 2. The van der Waals surface area contributed by atoms with Crippen LogP contribution in [-0.4, -0.2) is 61.0 Å². The first-order valence-electron chi connectivity index (χ1n) is 6.70. The third-order valence-electron chi connectivity index (χ3n) is 3.73. The van der Waals surface area contributed by atoms with E-state index in [-0.39, 0.29) is 30.3 Å². The molecule has 2 amide bonds. The van der Waals surface area contributed by atoms with E-state index in [1.807, 2.05) is 6.92 Å². The first kappa shape index (κ1) is 13.3. The van der Waals surface area contributed by atoms with Crippen molar-refractivity contribution in [2.24, 2.45) is 5.92 Å². The van der Waals surface area contributed by atoms with Crippen molar-refractivity contribution in [3.63, 3.8) is 0 Å². The van der Waals surface area contributed by atoms with E-state index < -0.39 is 0 Å². The first-order chi connectivity index (χ1) is 8.63. The Kier molecular flexibility index (Phi) is 4.22. The predicted molar refractivity (Wildman–Crippen MR) is 67.0 cm³/mol. The second-order valence-electron chi connectivity index (χ2n) is 5.38. The molecule has 2 atom stereocenters. The second-order valence-corrected chi connectivity index (χ2v) is 5.38. The lowest BCUT2D eigenvalue weighted by Gasteiger charge is -2.43. The Morgan fingerprint density at radius 3 is 2.89 bits per heavy atom. The van der Waals surface area contributed by atoms with Crippen LogP contribution in [0.3, 0.4) is 0 Å². The standard InChI is InChI=1S/C13H22N2O3/c1-10(9-18-2)7-14-8-12(16)15-6-4-3-5-11(15)13(14)17/h10-11H,3-9H2,1-2H3. The average Bonchev–Trinajstić information content (AvgIpc) is 2.36. The van der Waals surface area contributed by atoms with Gasteiger partial charge in [-0.25, -0.2) is 0 Å². The number of fused-ring (bicyclic) bond motifs is 1. The number of ether oxygens (including phenoxy) is 1. The number of hydrogen-bond donors (Lipinski definition) is 0. The summed E-state index contributed by atoms with van der Waals surface area (Å²) in [6.07, 6.45) is 2.89. The van der Waals surface area contributed by atoms with Crippen LogP contribution in [0.15, 0.2) is 0 Å². The van der Waals surface area contributed by atoms with Gasteiger partial charge in [0.1, 0.15) is 6.04 Å². The molecule has 0 N–H and O–H groups in total. The van der Waals surface area contributed by atoms with Crippen LogP contribution in [0.5, 0.6) is 0 Å². The van der Waals surface area contributed by atoms with Crippen LogP contribution in [0.4, 0.5) is 0 Å². The summed E-state index contributed by atoms with van der Waals surface area (Å²) in [5.41, 5.74) is 0. The van der Waals surface area contributed by atoms with Gasteiger partial charge < -0.3 is 14.5 Å². The molecule has 0 aromatic heterocycles. The van der Waals surface area contributed by atoms with Crippen molar-refractivity contribution in [3.05, 3.63) is 0 Å². The number of piperidine rings is 1. The molecule has 0 bridgehead atoms. The van der Waals surface area contributed by atoms with Crippen LogP contribution in [0.2, 0.25) is 0 Å². The zero-order valence-electron chi connectivity index (χ0n) is 11.2. The quantitative estimate of drug-likeness (QED) is 0.733. The monoisotopic (exact) mass is 254 g/mol. The van der Waals surface area contributed by atoms with E-state index in [2.05, 4.69) is 0 Å². The number of carbonyl (C=O) groups is 2. The molecular formula is C13H22N2O3. The van der Waals surface area contributed by atoms with Crippen molar-refractivity contribution in [3.8, 4) is 0 Å². The van der Waals surface area contributed by atoms with Gasteiger partial charge in [-0.05, 0) is 25.2 Å². The number of carbonyl (C=O) groups excluding carboxylic acids is 2. The SMILES string of the molecule is COCC(C)CN1CC(=O)N2CCCCC2C1=O. The highest BCUT2D eigenvalue weighted by Gasteiger charge is 2.40. The third-order valence-corrected chi connectivity index (χ3v) is 3.73. The lowest BCUT2D eigenvalue weighted by Crippen LogP contribution is -2.61. The molecule has 0 aromatic rings. The summed E-state index contributed by atoms with van der Waals surface area (Å²) in [6.45, 7) is 4.25. The molecule has 18 heavy (non-hydrogen) atoms. The molecule has 0 spiro atoms. The highest BCUT2D eigenvalue weighted by molar-refractivity contribution is 5.95. The minimum atomic E-state index is -0.199. The topological polar surface area (TPSA) is 49.9 Å². The summed E-state index contributed by atoms with van der Waals surface area (Å²) in [7, 11) is 1.66. The Morgan fingerprint density at radius 1 is 1.39 bits per heavy atom. The van der Waals surface area contributed by atoms with Crippen LogP contribution in [0, 0.1) is 5.92 Å². The van der Waals surface area contributed by atoms with Gasteiger partial charge in [-0.15, -0.1) is 0 Å². The van der Waals surface area contributed by atoms with Gasteiger partial charge in [0.25, 0.3) is 0 Å². The lowest BCUT2D eigenvalue weighted by atomic mass is 9.97. The molecule has 5 nitrogen and oxygen atoms in total. The Balaban J connectivity index is 2.00. The molecule has 2 fully saturated rings. The van der Waals surface area contributed by atoms with Crippen molar-refractivity contribution in [2.75, 3.05) is 33.4 Å². The molecule has 2 saturated heterocycles. The molecule has 0 aromatic carbocycles. The maximum Gasteiger partial charge on any atom is 0.245 e. The third kappa shape index (κ3) is 2.66. The van der Waals surface area contributed by atoms with Crippen LogP contribution in [0.25, 0.3) is 0 Å². The number of piperazine rings is 1. The van der Waals surface area contributed by atoms with E-state index in [4.69, 9.17) is 4.74 Å². The van der Waals surface area contributed by atoms with E-state index in [1.54, 1.807) is 16.9 Å². The summed E-state index contributed by atoms with van der Waals surface area (Å²) >= 11 is 0. The highest BCUT2D eigenvalue weighted by Crippen LogP contribution is 2.23. The van der Waals surface area contributed by atoms with Gasteiger partial charge in [-0.1, -0.05) is 6.92 Å². The van der Waals surface area contributed by atoms with E-state index >= 15 is 0 Å². The largest absolute Gasteiger partial charge is 0.384 e. The number of hydrogen-bond acceptors (Lipinski definition) is 3. The highest BCUT2D eigenvalue weighted by atomic mass is 16.5. The van der Waals surface area contributed by atoms with Gasteiger partial charge in [0.15, 0.2) is 0 Å².